The lowest BCUT2D eigenvalue weighted by Gasteiger charge is -2.12. The van der Waals surface area contributed by atoms with Crippen LogP contribution in [0.15, 0.2) is 52.9 Å². The van der Waals surface area contributed by atoms with E-state index in [0.717, 1.165) is 11.8 Å². The number of hydrogen-bond acceptors (Lipinski definition) is 5. The van der Waals surface area contributed by atoms with Crippen molar-refractivity contribution in [3.8, 4) is 11.5 Å². The highest BCUT2D eigenvalue weighted by atomic mass is 32.2. The predicted molar refractivity (Wildman–Crippen MR) is 101 cm³/mol. The van der Waals surface area contributed by atoms with Crippen LogP contribution in [-0.4, -0.2) is 21.8 Å². The van der Waals surface area contributed by atoms with E-state index in [1.807, 2.05) is 20.8 Å². The van der Waals surface area contributed by atoms with Gasteiger partial charge in [0, 0.05) is 0 Å². The minimum absolute atomic E-state index is 0.0512. The third kappa shape index (κ3) is 4.73. The SMILES string of the molecule is COc1ccc(C=C(C=O)C(C)C)cc1OS(=O)(=O)c1ccc(C)cc1. The molecule has 0 heterocycles. The molecule has 5 nitrogen and oxygen atoms in total. The molecule has 0 bridgehead atoms. The molecule has 0 spiro atoms. The molecular formula is C20H22O5S. The number of ether oxygens (including phenoxy) is 1. The van der Waals surface area contributed by atoms with Crippen LogP contribution in [0.25, 0.3) is 6.08 Å². The van der Waals surface area contributed by atoms with Gasteiger partial charge in [-0.05, 0) is 54.3 Å². The van der Waals surface area contributed by atoms with E-state index in [9.17, 15) is 13.2 Å². The quantitative estimate of drug-likeness (QED) is 0.416. The number of rotatable bonds is 7. The first-order valence-corrected chi connectivity index (χ1v) is 9.53. The summed E-state index contributed by atoms with van der Waals surface area (Å²) >= 11 is 0. The van der Waals surface area contributed by atoms with E-state index in [4.69, 9.17) is 8.92 Å². The smallest absolute Gasteiger partial charge is 0.339 e. The molecule has 2 aromatic carbocycles. The van der Waals surface area contributed by atoms with Gasteiger partial charge < -0.3 is 8.92 Å². The number of allylic oxidation sites excluding steroid dienone is 1. The molecule has 6 heteroatoms. The van der Waals surface area contributed by atoms with Gasteiger partial charge in [0.05, 0.1) is 7.11 Å². The zero-order valence-corrected chi connectivity index (χ0v) is 16.0. The summed E-state index contributed by atoms with van der Waals surface area (Å²) in [6.07, 6.45) is 2.49. The zero-order chi connectivity index (χ0) is 19.3. The Hall–Kier alpha value is -2.60. The lowest BCUT2D eigenvalue weighted by Crippen LogP contribution is -2.10. The Bertz CT molecular complexity index is 910. The predicted octanol–water partition coefficient (Wildman–Crippen LogP) is 4.01. The van der Waals surface area contributed by atoms with E-state index >= 15 is 0 Å². The van der Waals surface area contributed by atoms with Crippen molar-refractivity contribution < 1.29 is 22.1 Å². The molecule has 138 valence electrons. The van der Waals surface area contributed by atoms with Gasteiger partial charge in [0.15, 0.2) is 11.5 Å². The van der Waals surface area contributed by atoms with E-state index in [-0.39, 0.29) is 22.3 Å². The molecule has 0 amide bonds. The average Bonchev–Trinajstić information content (AvgIpc) is 2.59. The maximum absolute atomic E-state index is 12.5. The van der Waals surface area contributed by atoms with E-state index < -0.39 is 10.1 Å². The molecule has 0 aromatic heterocycles. The van der Waals surface area contributed by atoms with E-state index in [0.29, 0.717) is 11.1 Å². The van der Waals surface area contributed by atoms with Gasteiger partial charge in [-0.2, -0.15) is 8.42 Å². The summed E-state index contributed by atoms with van der Waals surface area (Å²) in [6.45, 7) is 5.68. The number of benzene rings is 2. The van der Waals surface area contributed by atoms with Crippen molar-refractivity contribution >= 4 is 22.5 Å². The van der Waals surface area contributed by atoms with Gasteiger partial charge in [0.2, 0.25) is 0 Å². The Morgan fingerprint density at radius 1 is 1.04 bits per heavy atom. The van der Waals surface area contributed by atoms with Crippen molar-refractivity contribution in [1.82, 2.24) is 0 Å². The van der Waals surface area contributed by atoms with Gasteiger partial charge in [-0.3, -0.25) is 4.79 Å². The monoisotopic (exact) mass is 374 g/mol. The van der Waals surface area contributed by atoms with Crippen LogP contribution in [0.2, 0.25) is 0 Å². The molecule has 0 aliphatic heterocycles. The number of methoxy groups -OCH3 is 1. The number of aldehydes is 1. The fraction of sp³-hybridized carbons (Fsp3) is 0.250. The largest absolute Gasteiger partial charge is 0.493 e. The molecule has 0 unspecified atom stereocenters. The summed E-state index contributed by atoms with van der Waals surface area (Å²) in [5, 5.41) is 0. The molecule has 26 heavy (non-hydrogen) atoms. The number of hydrogen-bond donors (Lipinski definition) is 0. The maximum Gasteiger partial charge on any atom is 0.339 e. The van der Waals surface area contributed by atoms with Gasteiger partial charge in [0.25, 0.3) is 0 Å². The van der Waals surface area contributed by atoms with Crippen LogP contribution in [0.1, 0.15) is 25.0 Å². The average molecular weight is 374 g/mol. The highest BCUT2D eigenvalue weighted by Gasteiger charge is 2.19. The lowest BCUT2D eigenvalue weighted by molar-refractivity contribution is -0.105. The van der Waals surface area contributed by atoms with Crippen molar-refractivity contribution in [3.63, 3.8) is 0 Å². The first-order chi connectivity index (χ1) is 12.3. The van der Waals surface area contributed by atoms with Crippen LogP contribution in [-0.2, 0) is 14.9 Å². The van der Waals surface area contributed by atoms with Crippen LogP contribution >= 0.6 is 0 Å². The summed E-state index contributed by atoms with van der Waals surface area (Å²) in [4.78, 5) is 11.2. The third-order valence-corrected chi connectivity index (χ3v) is 5.08. The highest BCUT2D eigenvalue weighted by molar-refractivity contribution is 7.87. The number of carbonyl (C=O) groups excluding carboxylic acids is 1. The molecule has 0 saturated heterocycles. The fourth-order valence-electron chi connectivity index (χ4n) is 2.25. The zero-order valence-electron chi connectivity index (χ0n) is 15.2. The molecule has 0 fully saturated rings. The number of carbonyl (C=O) groups is 1. The molecule has 0 radical (unpaired) electrons. The Morgan fingerprint density at radius 2 is 1.69 bits per heavy atom. The maximum atomic E-state index is 12.5. The second kappa shape index (κ2) is 8.19. The first kappa shape index (κ1) is 19.7. The summed E-state index contributed by atoms with van der Waals surface area (Å²) in [7, 11) is -2.57. The Labute approximate surface area is 154 Å². The Kier molecular flexibility index (Phi) is 6.21. The topological polar surface area (TPSA) is 69.7 Å². The van der Waals surface area contributed by atoms with Gasteiger partial charge in [-0.25, -0.2) is 0 Å². The van der Waals surface area contributed by atoms with Crippen LogP contribution < -0.4 is 8.92 Å². The Balaban J connectivity index is 2.43. The lowest BCUT2D eigenvalue weighted by atomic mass is 10.0. The molecule has 2 aromatic rings. The van der Waals surface area contributed by atoms with Crippen molar-refractivity contribution in [2.75, 3.05) is 7.11 Å². The molecule has 0 aliphatic carbocycles. The van der Waals surface area contributed by atoms with E-state index in [1.165, 1.54) is 25.3 Å². The van der Waals surface area contributed by atoms with Gasteiger partial charge >= 0.3 is 10.1 Å². The van der Waals surface area contributed by atoms with Crippen LogP contribution in [0.4, 0.5) is 0 Å². The first-order valence-electron chi connectivity index (χ1n) is 8.13. The van der Waals surface area contributed by atoms with Crippen LogP contribution in [0, 0.1) is 12.8 Å². The summed E-state index contributed by atoms with van der Waals surface area (Å²) in [5.41, 5.74) is 2.20. The molecular weight excluding hydrogens is 352 g/mol. The highest BCUT2D eigenvalue weighted by Crippen LogP contribution is 2.32. The van der Waals surface area contributed by atoms with Crippen LogP contribution in [0.5, 0.6) is 11.5 Å². The van der Waals surface area contributed by atoms with Crippen molar-refractivity contribution in [2.24, 2.45) is 5.92 Å². The third-order valence-electron chi connectivity index (χ3n) is 3.83. The van der Waals surface area contributed by atoms with Gasteiger partial charge in [-0.1, -0.05) is 37.6 Å². The van der Waals surface area contributed by atoms with E-state index in [1.54, 1.807) is 30.3 Å². The minimum atomic E-state index is -4.00. The van der Waals surface area contributed by atoms with Crippen molar-refractivity contribution in [2.45, 2.75) is 25.7 Å². The number of aryl methyl sites for hydroxylation is 1. The second-order valence-corrected chi connectivity index (χ2v) is 7.72. The normalized spacial score (nSPS) is 12.1. The summed E-state index contributed by atoms with van der Waals surface area (Å²) in [6, 6.07) is 11.3. The van der Waals surface area contributed by atoms with Crippen LogP contribution in [0.3, 0.4) is 0 Å². The fourth-order valence-corrected chi connectivity index (χ4v) is 3.18. The Morgan fingerprint density at radius 3 is 2.23 bits per heavy atom. The van der Waals surface area contributed by atoms with Gasteiger partial charge in [-0.15, -0.1) is 0 Å². The van der Waals surface area contributed by atoms with E-state index in [2.05, 4.69) is 0 Å². The molecule has 0 N–H and O–H groups in total. The van der Waals surface area contributed by atoms with Crippen molar-refractivity contribution in [3.05, 3.63) is 59.2 Å². The standard InChI is InChI=1S/C20H22O5S/c1-14(2)17(13-21)11-16-7-10-19(24-4)20(12-16)25-26(22,23)18-8-5-15(3)6-9-18/h5-14H,1-4H3. The molecule has 0 aliphatic rings. The van der Waals surface area contributed by atoms with Gasteiger partial charge in [0.1, 0.15) is 11.2 Å². The second-order valence-electron chi connectivity index (χ2n) is 6.18. The molecule has 0 saturated carbocycles. The molecule has 0 atom stereocenters. The van der Waals surface area contributed by atoms with Crippen molar-refractivity contribution in [1.29, 1.82) is 0 Å². The summed E-state index contributed by atoms with van der Waals surface area (Å²) < 4.78 is 35.6. The molecule has 2 rings (SSSR count). The summed E-state index contributed by atoms with van der Waals surface area (Å²) in [5.74, 6) is 0.404. The minimum Gasteiger partial charge on any atom is -0.493 e.